The van der Waals surface area contributed by atoms with Gasteiger partial charge < -0.3 is 14.6 Å². The van der Waals surface area contributed by atoms with Crippen LogP contribution in [0.5, 0.6) is 0 Å². The van der Waals surface area contributed by atoms with Crippen LogP contribution in [0.2, 0.25) is 0 Å². The lowest BCUT2D eigenvalue weighted by Crippen LogP contribution is -2.18. The van der Waals surface area contributed by atoms with Gasteiger partial charge in [-0.1, -0.05) is 43.5 Å². The lowest BCUT2D eigenvalue weighted by Gasteiger charge is -2.13. The fourth-order valence-corrected chi connectivity index (χ4v) is 1.07. The van der Waals surface area contributed by atoms with Crippen LogP contribution in [0.1, 0.15) is 26.3 Å². The van der Waals surface area contributed by atoms with Gasteiger partial charge >= 0.3 is 11.9 Å². The minimum Gasteiger partial charge on any atom is -0.478 e. The molecule has 0 radical (unpaired) electrons. The van der Waals surface area contributed by atoms with Gasteiger partial charge in [0, 0.05) is 11.1 Å². The summed E-state index contributed by atoms with van der Waals surface area (Å²) in [5, 5.41) is 7.89. The van der Waals surface area contributed by atoms with Gasteiger partial charge in [0.2, 0.25) is 6.29 Å². The van der Waals surface area contributed by atoms with E-state index in [4.69, 9.17) is 14.6 Å². The van der Waals surface area contributed by atoms with E-state index >= 15 is 0 Å². The predicted molar refractivity (Wildman–Crippen MR) is 84.0 cm³/mol. The Morgan fingerprint density at radius 1 is 1.14 bits per heavy atom. The molecule has 1 aromatic rings. The largest absolute Gasteiger partial charge is 0.478 e. The fraction of sp³-hybridized carbons (Fsp3) is 0.294. The summed E-state index contributed by atoms with van der Waals surface area (Å²) in [5.74, 6) is -1.37. The van der Waals surface area contributed by atoms with Gasteiger partial charge in [-0.2, -0.15) is 0 Å². The van der Waals surface area contributed by atoms with E-state index in [0.717, 1.165) is 5.56 Å². The molecule has 1 aromatic carbocycles. The Kier molecular flexibility index (Phi) is 9.22. The molecule has 0 amide bonds. The molecule has 1 rings (SSSR count). The molecule has 0 saturated carbocycles. The molecule has 0 saturated heterocycles. The van der Waals surface area contributed by atoms with E-state index in [-0.39, 0.29) is 5.57 Å². The number of carbonyl (C=O) groups is 2. The topological polar surface area (TPSA) is 72.8 Å². The van der Waals surface area contributed by atoms with Crippen molar-refractivity contribution in [3.05, 3.63) is 60.2 Å². The van der Waals surface area contributed by atoms with E-state index in [1.807, 2.05) is 30.3 Å². The van der Waals surface area contributed by atoms with E-state index in [2.05, 4.69) is 13.2 Å². The Morgan fingerprint density at radius 2 is 1.64 bits per heavy atom. The predicted octanol–water partition coefficient (Wildman–Crippen LogP) is 3.32. The molecule has 0 aliphatic heterocycles. The summed E-state index contributed by atoms with van der Waals surface area (Å²) in [5.41, 5.74) is 1.59. The van der Waals surface area contributed by atoms with Crippen molar-refractivity contribution in [2.75, 3.05) is 0 Å². The first-order valence-electron chi connectivity index (χ1n) is 6.64. The maximum Gasteiger partial charge on any atom is 0.335 e. The van der Waals surface area contributed by atoms with Gasteiger partial charge in [0.1, 0.15) is 0 Å². The van der Waals surface area contributed by atoms with Crippen LogP contribution >= 0.6 is 0 Å². The lowest BCUT2D eigenvalue weighted by molar-refractivity contribution is -0.172. The molecule has 0 aromatic heterocycles. The molecule has 1 N–H and O–H groups in total. The van der Waals surface area contributed by atoms with Crippen LogP contribution in [0.15, 0.2) is 54.6 Å². The highest BCUT2D eigenvalue weighted by Gasteiger charge is 2.09. The normalized spacial score (nSPS) is 10.7. The average Bonchev–Trinajstić information content (AvgIpc) is 2.46. The van der Waals surface area contributed by atoms with Crippen molar-refractivity contribution >= 4 is 11.9 Å². The van der Waals surface area contributed by atoms with E-state index in [1.54, 1.807) is 13.8 Å². The van der Waals surface area contributed by atoms with Crippen molar-refractivity contribution in [1.82, 2.24) is 0 Å². The van der Waals surface area contributed by atoms with E-state index in [0.29, 0.717) is 12.2 Å². The van der Waals surface area contributed by atoms with Crippen LogP contribution in [-0.4, -0.2) is 23.3 Å². The minimum absolute atomic E-state index is 0.176. The Hall–Kier alpha value is -2.40. The first-order chi connectivity index (χ1) is 10.2. The zero-order chi connectivity index (χ0) is 17.1. The first-order valence-corrected chi connectivity index (χ1v) is 6.64. The molecule has 0 spiro atoms. The van der Waals surface area contributed by atoms with Gasteiger partial charge in [0.15, 0.2) is 0 Å². The lowest BCUT2D eigenvalue weighted by atomic mass is 10.2. The van der Waals surface area contributed by atoms with Crippen molar-refractivity contribution in [3.63, 3.8) is 0 Å². The maximum atomic E-state index is 11.2. The summed E-state index contributed by atoms with van der Waals surface area (Å²) >= 11 is 0. The number of hydrogen-bond acceptors (Lipinski definition) is 4. The summed E-state index contributed by atoms with van der Waals surface area (Å²) in [6, 6.07) is 9.71. The summed E-state index contributed by atoms with van der Waals surface area (Å²) < 4.78 is 10.3. The Bertz CT molecular complexity index is 507. The van der Waals surface area contributed by atoms with Gasteiger partial charge in [0.05, 0.1) is 6.61 Å². The molecule has 0 aliphatic carbocycles. The standard InChI is InChI=1S/C13H16O3.C4H6O2/c1-10(2)13(14)16-11(3)15-9-12-7-5-4-6-8-12;1-3(2)4(5)6/h4-8,11H,1,9H2,2-3H3;1H2,2H3,(H,5,6). The third kappa shape index (κ3) is 9.50. The van der Waals surface area contributed by atoms with Gasteiger partial charge in [-0.25, -0.2) is 9.59 Å². The summed E-state index contributed by atoms with van der Waals surface area (Å²) in [6.45, 7) is 11.8. The second-order valence-corrected chi connectivity index (χ2v) is 4.64. The Balaban J connectivity index is 0.000000626. The Morgan fingerprint density at radius 3 is 2.05 bits per heavy atom. The molecule has 0 bridgehead atoms. The van der Waals surface area contributed by atoms with Crippen molar-refractivity contribution < 1.29 is 24.2 Å². The smallest absolute Gasteiger partial charge is 0.335 e. The van der Waals surface area contributed by atoms with Crippen LogP contribution in [0.3, 0.4) is 0 Å². The number of carboxylic acid groups (broad SMARTS) is 1. The van der Waals surface area contributed by atoms with Gasteiger partial charge in [0.25, 0.3) is 0 Å². The van der Waals surface area contributed by atoms with Crippen LogP contribution in [0, 0.1) is 0 Å². The maximum absolute atomic E-state index is 11.2. The highest BCUT2D eigenvalue weighted by atomic mass is 16.7. The number of benzene rings is 1. The molecule has 0 aliphatic rings. The van der Waals surface area contributed by atoms with Crippen LogP contribution in [0.4, 0.5) is 0 Å². The molecule has 0 heterocycles. The Labute approximate surface area is 130 Å². The molecule has 5 heteroatoms. The molecule has 22 heavy (non-hydrogen) atoms. The van der Waals surface area contributed by atoms with Crippen LogP contribution in [-0.2, 0) is 25.7 Å². The first kappa shape index (κ1) is 19.6. The van der Waals surface area contributed by atoms with Crippen molar-refractivity contribution in [1.29, 1.82) is 0 Å². The number of hydrogen-bond donors (Lipinski definition) is 1. The fourth-order valence-electron chi connectivity index (χ4n) is 1.07. The minimum atomic E-state index is -0.935. The number of ether oxygens (including phenoxy) is 2. The van der Waals surface area contributed by atoms with E-state index in [1.165, 1.54) is 6.92 Å². The van der Waals surface area contributed by atoms with Gasteiger partial charge in [-0.15, -0.1) is 0 Å². The highest BCUT2D eigenvalue weighted by molar-refractivity contribution is 5.87. The molecule has 120 valence electrons. The quantitative estimate of drug-likeness (QED) is 0.496. The number of esters is 1. The summed E-state index contributed by atoms with van der Waals surface area (Å²) in [7, 11) is 0. The molecule has 1 atom stereocenters. The monoisotopic (exact) mass is 306 g/mol. The highest BCUT2D eigenvalue weighted by Crippen LogP contribution is 2.05. The van der Waals surface area contributed by atoms with Crippen LogP contribution < -0.4 is 0 Å². The zero-order valence-electron chi connectivity index (χ0n) is 13.2. The number of aliphatic carboxylic acids is 1. The van der Waals surface area contributed by atoms with Crippen molar-refractivity contribution in [2.45, 2.75) is 33.7 Å². The second kappa shape index (κ2) is 10.3. The number of carbonyl (C=O) groups excluding carboxylic acids is 1. The summed E-state index contributed by atoms with van der Waals surface area (Å²) in [4.78, 5) is 20.8. The van der Waals surface area contributed by atoms with Gasteiger partial charge in [-0.3, -0.25) is 0 Å². The SMILES string of the molecule is C=C(C)C(=O)O.C=C(C)C(=O)OC(C)OCc1ccccc1. The molecule has 1 unspecified atom stereocenters. The number of carboxylic acids is 1. The third-order valence-corrected chi connectivity index (χ3v) is 2.31. The number of rotatable bonds is 6. The van der Waals surface area contributed by atoms with E-state index in [9.17, 15) is 9.59 Å². The zero-order valence-corrected chi connectivity index (χ0v) is 13.2. The van der Waals surface area contributed by atoms with Crippen molar-refractivity contribution in [3.8, 4) is 0 Å². The van der Waals surface area contributed by atoms with Crippen molar-refractivity contribution in [2.24, 2.45) is 0 Å². The van der Waals surface area contributed by atoms with Crippen LogP contribution in [0.25, 0.3) is 0 Å². The molecule has 0 fully saturated rings. The van der Waals surface area contributed by atoms with E-state index < -0.39 is 18.2 Å². The summed E-state index contributed by atoms with van der Waals surface area (Å²) in [6.07, 6.45) is -0.565. The average molecular weight is 306 g/mol. The molecular weight excluding hydrogens is 284 g/mol. The second-order valence-electron chi connectivity index (χ2n) is 4.64. The molecule has 5 nitrogen and oxygen atoms in total. The third-order valence-electron chi connectivity index (χ3n) is 2.31. The van der Waals surface area contributed by atoms with Gasteiger partial charge in [-0.05, 0) is 26.3 Å². The molecular formula is C17H22O5.